The smallest absolute Gasteiger partial charge is 0.326 e. The Bertz CT molecular complexity index is 699. The van der Waals surface area contributed by atoms with Crippen LogP contribution in [-0.4, -0.2) is 25.0 Å². The van der Waals surface area contributed by atoms with Crippen molar-refractivity contribution in [1.29, 1.82) is 0 Å². The second-order valence-corrected chi connectivity index (χ2v) is 6.24. The van der Waals surface area contributed by atoms with Gasteiger partial charge in [-0.2, -0.15) is 0 Å². The first-order valence-corrected chi connectivity index (χ1v) is 9.07. The maximum Gasteiger partial charge on any atom is 0.326 e. The molecule has 0 fully saturated rings. The van der Waals surface area contributed by atoms with E-state index in [0.717, 1.165) is 29.8 Å². The van der Waals surface area contributed by atoms with E-state index in [1.54, 1.807) is 4.90 Å². The van der Waals surface area contributed by atoms with E-state index in [9.17, 15) is 9.59 Å². The molecule has 0 aliphatic rings. The first kappa shape index (κ1) is 19.5. The average Bonchev–Trinajstić information content (AvgIpc) is 2.66. The van der Waals surface area contributed by atoms with E-state index in [4.69, 9.17) is 0 Å². The van der Waals surface area contributed by atoms with Gasteiger partial charge in [0.2, 0.25) is 5.91 Å². The Hall–Kier alpha value is -2.82. The van der Waals surface area contributed by atoms with E-state index in [1.165, 1.54) is 0 Å². The van der Waals surface area contributed by atoms with Crippen LogP contribution in [0, 0.1) is 6.92 Å². The molecule has 0 aliphatic carbocycles. The number of benzene rings is 2. The molecule has 0 aromatic heterocycles. The fourth-order valence-corrected chi connectivity index (χ4v) is 2.52. The van der Waals surface area contributed by atoms with Gasteiger partial charge in [-0.15, -0.1) is 0 Å². The molecule has 2 rings (SSSR count). The summed E-state index contributed by atoms with van der Waals surface area (Å²) in [6, 6.07) is 16.9. The van der Waals surface area contributed by atoms with Gasteiger partial charge in [0.1, 0.15) is 0 Å². The van der Waals surface area contributed by atoms with Gasteiger partial charge >= 0.3 is 6.03 Å². The topological polar surface area (TPSA) is 61.4 Å². The number of aryl methyl sites for hydroxylation is 1. The number of anilines is 2. The third kappa shape index (κ3) is 6.24. The van der Waals surface area contributed by atoms with Gasteiger partial charge < -0.3 is 10.6 Å². The number of nitrogens with one attached hydrogen (secondary N) is 2. The van der Waals surface area contributed by atoms with Crippen LogP contribution in [0.3, 0.4) is 0 Å². The maximum atomic E-state index is 12.7. The lowest BCUT2D eigenvalue weighted by Crippen LogP contribution is -2.41. The lowest BCUT2D eigenvalue weighted by atomic mass is 10.2. The Balaban J connectivity index is 2.00. The van der Waals surface area contributed by atoms with E-state index in [-0.39, 0.29) is 11.9 Å². The molecule has 0 saturated heterocycles. The SMILES string of the molecule is CCCCC(=O)NCCN(C(=O)Nc1ccc(C)cc1)c1ccccc1. The summed E-state index contributed by atoms with van der Waals surface area (Å²) >= 11 is 0. The molecule has 0 aliphatic heterocycles. The largest absolute Gasteiger partial charge is 0.354 e. The van der Waals surface area contributed by atoms with Gasteiger partial charge in [0.15, 0.2) is 0 Å². The van der Waals surface area contributed by atoms with Crippen molar-refractivity contribution in [2.75, 3.05) is 23.3 Å². The number of hydrogen-bond acceptors (Lipinski definition) is 2. The molecule has 0 heterocycles. The van der Waals surface area contributed by atoms with Gasteiger partial charge in [-0.1, -0.05) is 49.2 Å². The summed E-state index contributed by atoms with van der Waals surface area (Å²) < 4.78 is 0. The van der Waals surface area contributed by atoms with Crippen molar-refractivity contribution >= 4 is 23.3 Å². The molecule has 0 saturated carbocycles. The highest BCUT2D eigenvalue weighted by atomic mass is 16.2. The first-order chi connectivity index (χ1) is 12.6. The molecule has 2 aromatic rings. The predicted molar refractivity (Wildman–Crippen MR) is 107 cm³/mol. The minimum absolute atomic E-state index is 0.0267. The fraction of sp³-hybridized carbons (Fsp3) is 0.333. The van der Waals surface area contributed by atoms with Crippen molar-refractivity contribution in [2.45, 2.75) is 33.1 Å². The zero-order chi connectivity index (χ0) is 18.8. The Labute approximate surface area is 155 Å². The van der Waals surface area contributed by atoms with Crippen molar-refractivity contribution < 1.29 is 9.59 Å². The van der Waals surface area contributed by atoms with Crippen molar-refractivity contribution in [2.24, 2.45) is 0 Å². The molecular weight excluding hydrogens is 326 g/mol. The zero-order valence-corrected chi connectivity index (χ0v) is 15.5. The number of para-hydroxylation sites is 1. The third-order valence-corrected chi connectivity index (χ3v) is 4.03. The zero-order valence-electron chi connectivity index (χ0n) is 15.5. The summed E-state index contributed by atoms with van der Waals surface area (Å²) in [5.41, 5.74) is 2.67. The summed E-state index contributed by atoms with van der Waals surface area (Å²) in [6.07, 6.45) is 2.39. The Morgan fingerprint density at radius 2 is 1.69 bits per heavy atom. The number of carbonyl (C=O) groups is 2. The summed E-state index contributed by atoms with van der Waals surface area (Å²) in [5.74, 6) is 0.0267. The van der Waals surface area contributed by atoms with Crippen LogP contribution in [0.15, 0.2) is 54.6 Å². The highest BCUT2D eigenvalue weighted by Gasteiger charge is 2.16. The Morgan fingerprint density at radius 1 is 1.00 bits per heavy atom. The molecule has 138 valence electrons. The molecular formula is C21H27N3O2. The highest BCUT2D eigenvalue weighted by Crippen LogP contribution is 2.16. The number of carbonyl (C=O) groups excluding carboxylic acids is 2. The van der Waals surface area contributed by atoms with Gasteiger partial charge in [-0.05, 0) is 37.6 Å². The molecule has 0 atom stereocenters. The van der Waals surface area contributed by atoms with Crippen LogP contribution in [-0.2, 0) is 4.79 Å². The van der Waals surface area contributed by atoms with Gasteiger partial charge in [0.05, 0.1) is 0 Å². The summed E-state index contributed by atoms with van der Waals surface area (Å²) in [4.78, 5) is 26.2. The van der Waals surface area contributed by atoms with Gasteiger partial charge in [-0.3, -0.25) is 9.69 Å². The lowest BCUT2D eigenvalue weighted by molar-refractivity contribution is -0.121. The van der Waals surface area contributed by atoms with Crippen LogP contribution in [0.5, 0.6) is 0 Å². The van der Waals surface area contributed by atoms with Gasteiger partial charge in [0, 0.05) is 30.9 Å². The summed E-state index contributed by atoms with van der Waals surface area (Å²) in [6.45, 7) is 4.88. The fourth-order valence-electron chi connectivity index (χ4n) is 2.52. The number of unbranched alkanes of at least 4 members (excludes halogenated alkanes) is 1. The van der Waals surface area contributed by atoms with E-state index in [1.807, 2.05) is 61.5 Å². The Kier molecular flexibility index (Phi) is 7.68. The second-order valence-electron chi connectivity index (χ2n) is 6.24. The van der Waals surface area contributed by atoms with Crippen LogP contribution < -0.4 is 15.5 Å². The lowest BCUT2D eigenvalue weighted by Gasteiger charge is -2.23. The minimum atomic E-state index is -0.220. The van der Waals surface area contributed by atoms with Crippen molar-refractivity contribution in [1.82, 2.24) is 5.32 Å². The molecule has 0 bridgehead atoms. The van der Waals surface area contributed by atoms with Crippen LogP contribution in [0.4, 0.5) is 16.2 Å². The number of rotatable bonds is 8. The predicted octanol–water partition coefficient (Wildman–Crippen LogP) is 4.34. The molecule has 0 spiro atoms. The summed E-state index contributed by atoms with van der Waals surface area (Å²) in [7, 11) is 0. The van der Waals surface area contributed by atoms with Crippen molar-refractivity contribution in [3.8, 4) is 0 Å². The molecule has 0 unspecified atom stereocenters. The molecule has 3 amide bonds. The van der Waals surface area contributed by atoms with E-state index >= 15 is 0 Å². The van der Waals surface area contributed by atoms with Crippen LogP contribution in [0.25, 0.3) is 0 Å². The molecule has 26 heavy (non-hydrogen) atoms. The van der Waals surface area contributed by atoms with Crippen LogP contribution in [0.2, 0.25) is 0 Å². The number of hydrogen-bond donors (Lipinski definition) is 2. The second kappa shape index (κ2) is 10.2. The highest BCUT2D eigenvalue weighted by molar-refractivity contribution is 6.01. The van der Waals surface area contributed by atoms with Crippen LogP contribution >= 0.6 is 0 Å². The number of amides is 3. The standard InChI is InChI=1S/C21H27N3O2/c1-3-4-10-20(25)22-15-16-24(19-8-6-5-7-9-19)21(26)23-18-13-11-17(2)12-14-18/h5-9,11-14H,3-4,10,15-16H2,1-2H3,(H,22,25)(H,23,26). The van der Waals surface area contributed by atoms with Crippen LogP contribution in [0.1, 0.15) is 31.7 Å². The quantitative estimate of drug-likeness (QED) is 0.741. The van der Waals surface area contributed by atoms with E-state index in [0.29, 0.717) is 19.5 Å². The molecule has 2 aromatic carbocycles. The number of nitrogens with zero attached hydrogens (tertiary/aromatic N) is 1. The normalized spacial score (nSPS) is 10.2. The molecule has 0 radical (unpaired) electrons. The van der Waals surface area contributed by atoms with E-state index in [2.05, 4.69) is 17.6 Å². The van der Waals surface area contributed by atoms with Crippen molar-refractivity contribution in [3.05, 3.63) is 60.2 Å². The minimum Gasteiger partial charge on any atom is -0.354 e. The molecule has 5 heteroatoms. The van der Waals surface area contributed by atoms with E-state index < -0.39 is 0 Å². The van der Waals surface area contributed by atoms with Gasteiger partial charge in [0.25, 0.3) is 0 Å². The monoisotopic (exact) mass is 353 g/mol. The third-order valence-electron chi connectivity index (χ3n) is 4.03. The average molecular weight is 353 g/mol. The van der Waals surface area contributed by atoms with Gasteiger partial charge in [-0.25, -0.2) is 4.79 Å². The molecule has 5 nitrogen and oxygen atoms in total. The maximum absolute atomic E-state index is 12.7. The first-order valence-electron chi connectivity index (χ1n) is 9.07. The van der Waals surface area contributed by atoms with Crippen molar-refractivity contribution in [3.63, 3.8) is 0 Å². The molecule has 2 N–H and O–H groups in total. The summed E-state index contributed by atoms with van der Waals surface area (Å²) in [5, 5.41) is 5.80. The Morgan fingerprint density at radius 3 is 2.35 bits per heavy atom. The number of urea groups is 1.